The van der Waals surface area contributed by atoms with Gasteiger partial charge in [0, 0.05) is 44.9 Å². The van der Waals surface area contributed by atoms with Crippen LogP contribution >= 0.6 is 0 Å². The van der Waals surface area contributed by atoms with Gasteiger partial charge in [0.2, 0.25) is 0 Å². The monoisotopic (exact) mass is 766 g/mol. The summed E-state index contributed by atoms with van der Waals surface area (Å²) in [4.78, 5) is 16.5. The molecule has 4 nitrogen and oxygen atoms in total. The van der Waals surface area contributed by atoms with Crippen LogP contribution in [-0.2, 0) is 10.8 Å². The number of hydrogen-bond donors (Lipinski definition) is 1. The fourth-order valence-electron chi connectivity index (χ4n) is 8.18. The van der Waals surface area contributed by atoms with Crippen LogP contribution in [0.3, 0.4) is 0 Å². The molecule has 0 saturated heterocycles. The topological polar surface area (TPSA) is 44.8 Å². The van der Waals surface area contributed by atoms with E-state index in [-0.39, 0.29) is 10.8 Å². The molecule has 0 saturated carbocycles. The molecule has 6 aromatic carbocycles. The van der Waals surface area contributed by atoms with Gasteiger partial charge in [0.25, 0.3) is 0 Å². The van der Waals surface area contributed by atoms with E-state index < -0.39 is 0 Å². The maximum Gasteiger partial charge on any atom is 0.137 e. The number of nitrogens with one attached hydrogen (secondary N) is 1. The number of nitrogens with zero attached hydrogens (tertiary/aromatic N) is 3. The van der Waals surface area contributed by atoms with E-state index in [0.29, 0.717) is 0 Å². The lowest BCUT2D eigenvalue weighted by atomic mass is 9.79. The largest absolute Gasteiger partial charge is 0.354 e. The first-order chi connectivity index (χ1) is 28.4. The Kier molecular flexibility index (Phi) is 9.52. The predicted octanol–water partition coefficient (Wildman–Crippen LogP) is 15.2. The Balaban J connectivity index is 1.29. The average Bonchev–Trinajstić information content (AvgIpc) is 3.63. The molecule has 0 aliphatic carbocycles. The van der Waals surface area contributed by atoms with Crippen molar-refractivity contribution >= 4 is 39.0 Å². The number of aromatic amines is 1. The van der Waals surface area contributed by atoms with Gasteiger partial charge in [-0.1, -0.05) is 151 Å². The second-order valence-corrected chi connectivity index (χ2v) is 17.8. The zero-order valence-corrected chi connectivity index (χ0v) is 35.0. The zero-order chi connectivity index (χ0) is 40.9. The third kappa shape index (κ3) is 7.43. The summed E-state index contributed by atoms with van der Waals surface area (Å²) in [5, 5.41) is 2.40. The molecule has 0 aliphatic heterocycles. The van der Waals surface area contributed by atoms with Gasteiger partial charge in [0.05, 0.1) is 22.6 Å². The standard InChI is InChI=1S/C55H50N4/c1-36-28-40(32-43(29-36)59(52-26-15-16-27-56-52)51-25-14-12-20-44(51)37-18-9-8-10-19-37)49-33-39(38-30-41(54(2,3)4)35-42(31-38)55(5,6)7)34-50(57-49)47-23-17-22-46-45-21-11-13-24-48(45)58-53(46)47/h8-35,58H,1-7H3. The molecular weight excluding hydrogens is 717 g/mol. The quantitative estimate of drug-likeness (QED) is 0.176. The van der Waals surface area contributed by atoms with Gasteiger partial charge in [0.1, 0.15) is 5.82 Å². The predicted molar refractivity (Wildman–Crippen MR) is 250 cm³/mol. The summed E-state index contributed by atoms with van der Waals surface area (Å²) in [5.41, 5.74) is 16.5. The maximum absolute atomic E-state index is 5.56. The second kappa shape index (κ2) is 14.9. The maximum atomic E-state index is 5.56. The van der Waals surface area contributed by atoms with Crippen LogP contribution in [0.2, 0.25) is 0 Å². The first-order valence-corrected chi connectivity index (χ1v) is 20.6. The number of aromatic nitrogens is 3. The molecule has 0 spiro atoms. The minimum Gasteiger partial charge on any atom is -0.354 e. The molecule has 0 bridgehead atoms. The van der Waals surface area contributed by atoms with Gasteiger partial charge in [-0.3, -0.25) is 4.90 Å². The Morgan fingerprint density at radius 3 is 1.88 bits per heavy atom. The number of aryl methyl sites for hydroxylation is 1. The van der Waals surface area contributed by atoms with Crippen molar-refractivity contribution in [1.29, 1.82) is 0 Å². The van der Waals surface area contributed by atoms with Gasteiger partial charge >= 0.3 is 0 Å². The van der Waals surface area contributed by atoms with E-state index in [2.05, 4.69) is 216 Å². The number of anilines is 3. The number of hydrogen-bond acceptors (Lipinski definition) is 3. The fourth-order valence-corrected chi connectivity index (χ4v) is 8.18. The molecular formula is C55H50N4. The Bertz CT molecular complexity index is 2930. The molecule has 3 heterocycles. The molecule has 59 heavy (non-hydrogen) atoms. The van der Waals surface area contributed by atoms with Crippen LogP contribution in [-0.4, -0.2) is 15.0 Å². The molecule has 0 atom stereocenters. The van der Waals surface area contributed by atoms with E-state index in [9.17, 15) is 0 Å². The highest BCUT2D eigenvalue weighted by molar-refractivity contribution is 6.11. The molecule has 9 aromatic rings. The Hall–Kier alpha value is -6.78. The van der Waals surface area contributed by atoms with Crippen LogP contribution in [0.5, 0.6) is 0 Å². The van der Waals surface area contributed by atoms with E-state index in [4.69, 9.17) is 9.97 Å². The third-order valence-corrected chi connectivity index (χ3v) is 11.4. The van der Waals surface area contributed by atoms with Crippen molar-refractivity contribution in [3.63, 3.8) is 0 Å². The normalized spacial score (nSPS) is 12.0. The summed E-state index contributed by atoms with van der Waals surface area (Å²) in [7, 11) is 0. The van der Waals surface area contributed by atoms with Crippen molar-refractivity contribution < 1.29 is 0 Å². The Morgan fingerprint density at radius 2 is 1.14 bits per heavy atom. The number of rotatable bonds is 7. The summed E-state index contributed by atoms with van der Waals surface area (Å²) in [6.45, 7) is 16.0. The highest BCUT2D eigenvalue weighted by Gasteiger charge is 2.23. The first-order valence-electron chi connectivity index (χ1n) is 20.6. The molecule has 0 fully saturated rings. The summed E-state index contributed by atoms with van der Waals surface area (Å²) in [6, 6.07) is 58.9. The molecule has 290 valence electrons. The summed E-state index contributed by atoms with van der Waals surface area (Å²) in [6.07, 6.45) is 1.86. The van der Waals surface area contributed by atoms with E-state index in [1.165, 1.54) is 27.5 Å². The fraction of sp³-hybridized carbons (Fsp3) is 0.164. The van der Waals surface area contributed by atoms with Gasteiger partial charge in [-0.2, -0.15) is 0 Å². The summed E-state index contributed by atoms with van der Waals surface area (Å²) >= 11 is 0. The van der Waals surface area contributed by atoms with Crippen LogP contribution in [0.15, 0.2) is 170 Å². The number of benzene rings is 6. The van der Waals surface area contributed by atoms with Crippen LogP contribution in [0.1, 0.15) is 58.2 Å². The van der Waals surface area contributed by atoms with E-state index in [0.717, 1.165) is 73.0 Å². The minimum absolute atomic E-state index is 0.0267. The lowest BCUT2D eigenvalue weighted by Crippen LogP contribution is -2.16. The molecule has 0 aliphatic rings. The smallest absolute Gasteiger partial charge is 0.137 e. The molecule has 9 rings (SSSR count). The Labute approximate surface area is 348 Å². The van der Waals surface area contributed by atoms with Crippen molar-refractivity contribution in [2.24, 2.45) is 0 Å². The Morgan fingerprint density at radius 1 is 0.492 bits per heavy atom. The van der Waals surface area contributed by atoms with Gasteiger partial charge < -0.3 is 4.98 Å². The van der Waals surface area contributed by atoms with Crippen LogP contribution in [0, 0.1) is 6.92 Å². The van der Waals surface area contributed by atoms with Crippen molar-refractivity contribution in [2.45, 2.75) is 59.3 Å². The van der Waals surface area contributed by atoms with Crippen molar-refractivity contribution in [3.05, 3.63) is 187 Å². The number of para-hydroxylation sites is 3. The number of pyridine rings is 2. The third-order valence-electron chi connectivity index (χ3n) is 11.4. The SMILES string of the molecule is Cc1cc(-c2cc(-c3cc(C(C)(C)C)cc(C(C)(C)C)c3)cc(-c3cccc4c3[nH]c3ccccc34)n2)cc(N(c2ccccn2)c2ccccc2-c2ccccc2)c1. The lowest BCUT2D eigenvalue weighted by molar-refractivity contribution is 0.569. The van der Waals surface area contributed by atoms with E-state index >= 15 is 0 Å². The highest BCUT2D eigenvalue weighted by Crippen LogP contribution is 2.43. The summed E-state index contributed by atoms with van der Waals surface area (Å²) in [5.74, 6) is 0.842. The first kappa shape index (κ1) is 37.8. The van der Waals surface area contributed by atoms with Crippen LogP contribution in [0.25, 0.3) is 66.6 Å². The molecule has 0 unspecified atom stereocenters. The minimum atomic E-state index is -0.0267. The van der Waals surface area contributed by atoms with Crippen molar-refractivity contribution in [3.8, 4) is 44.8 Å². The van der Waals surface area contributed by atoms with E-state index in [1.54, 1.807) is 0 Å². The summed E-state index contributed by atoms with van der Waals surface area (Å²) < 4.78 is 0. The van der Waals surface area contributed by atoms with Crippen molar-refractivity contribution in [1.82, 2.24) is 15.0 Å². The lowest BCUT2D eigenvalue weighted by Gasteiger charge is -2.27. The van der Waals surface area contributed by atoms with Crippen LogP contribution in [0.4, 0.5) is 17.2 Å². The van der Waals surface area contributed by atoms with Gasteiger partial charge in [-0.25, -0.2) is 9.97 Å². The van der Waals surface area contributed by atoms with Gasteiger partial charge in [-0.15, -0.1) is 0 Å². The number of fused-ring (bicyclic) bond motifs is 3. The molecule has 3 aromatic heterocycles. The highest BCUT2D eigenvalue weighted by atomic mass is 15.2. The van der Waals surface area contributed by atoms with Gasteiger partial charge in [-0.05, 0) is 106 Å². The average molecular weight is 767 g/mol. The molecule has 1 N–H and O–H groups in total. The molecule has 0 radical (unpaired) electrons. The van der Waals surface area contributed by atoms with Crippen LogP contribution < -0.4 is 4.90 Å². The second-order valence-electron chi connectivity index (χ2n) is 17.8. The van der Waals surface area contributed by atoms with Crippen molar-refractivity contribution in [2.75, 3.05) is 4.90 Å². The molecule has 0 amide bonds. The number of H-pyrrole nitrogens is 1. The van der Waals surface area contributed by atoms with E-state index in [1.807, 2.05) is 12.3 Å². The van der Waals surface area contributed by atoms with Gasteiger partial charge in [0.15, 0.2) is 0 Å². The zero-order valence-electron chi connectivity index (χ0n) is 35.0. The molecule has 4 heteroatoms.